The number of hydrogen-bond donors (Lipinski definition) is 1. The smallest absolute Gasteiger partial charge is 0.316 e. The maximum atomic E-state index is 11.4. The summed E-state index contributed by atoms with van der Waals surface area (Å²) in [5.74, 6) is -0.150. The number of benzene rings is 1. The van der Waals surface area contributed by atoms with Gasteiger partial charge in [0.15, 0.2) is 0 Å². The van der Waals surface area contributed by atoms with E-state index in [1.54, 1.807) is 26.2 Å². The largest absolute Gasteiger partial charge is 0.496 e. The van der Waals surface area contributed by atoms with Crippen LogP contribution < -0.4 is 4.74 Å². The summed E-state index contributed by atoms with van der Waals surface area (Å²) >= 11 is 0. The summed E-state index contributed by atoms with van der Waals surface area (Å²) in [6.07, 6.45) is 0. The summed E-state index contributed by atoms with van der Waals surface area (Å²) in [4.78, 5) is 11.4. The van der Waals surface area contributed by atoms with Gasteiger partial charge in [-0.2, -0.15) is 0 Å². The molecule has 17 heavy (non-hydrogen) atoms. The molecule has 0 amide bonds. The van der Waals surface area contributed by atoms with E-state index in [1.807, 2.05) is 13.0 Å². The summed E-state index contributed by atoms with van der Waals surface area (Å²) in [7, 11) is 3.09. The topological polar surface area (TPSA) is 55.8 Å². The van der Waals surface area contributed by atoms with Crippen molar-refractivity contribution in [3.63, 3.8) is 0 Å². The van der Waals surface area contributed by atoms with E-state index in [0.29, 0.717) is 5.56 Å². The molecule has 0 saturated heterocycles. The quantitative estimate of drug-likeness (QED) is 0.852. The van der Waals surface area contributed by atoms with Crippen LogP contribution in [0.2, 0.25) is 0 Å². The molecule has 0 aliphatic carbocycles. The van der Waals surface area contributed by atoms with Crippen LogP contribution in [0.25, 0.3) is 0 Å². The van der Waals surface area contributed by atoms with Gasteiger partial charge in [0.25, 0.3) is 0 Å². The van der Waals surface area contributed by atoms with Crippen molar-refractivity contribution in [3.8, 4) is 5.75 Å². The Hall–Kier alpha value is -1.55. The van der Waals surface area contributed by atoms with Gasteiger partial charge in [-0.1, -0.05) is 12.1 Å². The lowest BCUT2D eigenvalue weighted by molar-refractivity contribution is -0.145. The second-order valence-corrected chi connectivity index (χ2v) is 4.25. The van der Waals surface area contributed by atoms with Crippen molar-refractivity contribution < 1.29 is 19.4 Å². The fourth-order valence-electron chi connectivity index (χ4n) is 1.78. The number of carboxylic acid groups (broad SMARTS) is 1. The number of hydrogen-bond acceptors (Lipinski definition) is 3. The molecule has 0 heterocycles. The summed E-state index contributed by atoms with van der Waals surface area (Å²) in [6.45, 7) is 3.67. The highest BCUT2D eigenvalue weighted by Gasteiger charge is 2.35. The summed E-state index contributed by atoms with van der Waals surface area (Å²) in [5, 5.41) is 9.32. The fraction of sp³-hybridized carbons (Fsp3) is 0.462. The Morgan fingerprint density at radius 1 is 1.41 bits per heavy atom. The molecule has 1 rings (SSSR count). The van der Waals surface area contributed by atoms with E-state index in [9.17, 15) is 9.90 Å². The average molecular weight is 238 g/mol. The molecule has 4 nitrogen and oxygen atoms in total. The first-order valence-electron chi connectivity index (χ1n) is 5.33. The Morgan fingerprint density at radius 2 is 2.06 bits per heavy atom. The van der Waals surface area contributed by atoms with Crippen molar-refractivity contribution in [1.82, 2.24) is 0 Å². The van der Waals surface area contributed by atoms with E-state index >= 15 is 0 Å². The molecule has 0 aliphatic rings. The number of carboxylic acids is 1. The molecule has 0 fully saturated rings. The van der Waals surface area contributed by atoms with E-state index in [2.05, 4.69) is 0 Å². The fourth-order valence-corrected chi connectivity index (χ4v) is 1.78. The highest BCUT2D eigenvalue weighted by molar-refractivity contribution is 5.81. The van der Waals surface area contributed by atoms with Crippen molar-refractivity contribution in [2.45, 2.75) is 19.3 Å². The molecule has 1 aromatic rings. The van der Waals surface area contributed by atoms with Crippen molar-refractivity contribution in [2.24, 2.45) is 0 Å². The maximum Gasteiger partial charge on any atom is 0.316 e. The molecule has 1 N–H and O–H groups in total. The third-order valence-corrected chi connectivity index (χ3v) is 2.94. The van der Waals surface area contributed by atoms with Gasteiger partial charge in [0, 0.05) is 7.11 Å². The SMILES string of the molecule is COCC(C)(C(=O)O)c1ccc(OC)c(C)c1. The first kappa shape index (κ1) is 13.5. The molecule has 0 aromatic heterocycles. The van der Waals surface area contributed by atoms with E-state index in [4.69, 9.17) is 9.47 Å². The molecule has 0 radical (unpaired) electrons. The van der Waals surface area contributed by atoms with Crippen LogP contribution in [0.1, 0.15) is 18.1 Å². The first-order chi connectivity index (χ1) is 7.95. The van der Waals surface area contributed by atoms with Gasteiger partial charge in [-0.25, -0.2) is 0 Å². The van der Waals surface area contributed by atoms with Crippen LogP contribution in [-0.2, 0) is 14.9 Å². The van der Waals surface area contributed by atoms with Gasteiger partial charge in [-0.05, 0) is 31.0 Å². The molecule has 1 aromatic carbocycles. The van der Waals surface area contributed by atoms with Crippen molar-refractivity contribution in [2.75, 3.05) is 20.8 Å². The standard InChI is InChI=1S/C13H18O4/c1-9-7-10(5-6-11(9)17-4)13(2,8-16-3)12(14)15/h5-7H,8H2,1-4H3,(H,14,15). The van der Waals surface area contributed by atoms with Gasteiger partial charge in [-0.3, -0.25) is 4.79 Å². The first-order valence-corrected chi connectivity index (χ1v) is 5.33. The molecule has 0 bridgehead atoms. The highest BCUT2D eigenvalue weighted by atomic mass is 16.5. The normalized spacial score (nSPS) is 14.1. The number of aryl methyl sites for hydroxylation is 1. The van der Waals surface area contributed by atoms with E-state index in [1.165, 1.54) is 7.11 Å². The number of ether oxygens (including phenoxy) is 2. The maximum absolute atomic E-state index is 11.4. The molecular weight excluding hydrogens is 220 g/mol. The zero-order valence-electron chi connectivity index (χ0n) is 10.6. The van der Waals surface area contributed by atoms with Gasteiger partial charge in [0.2, 0.25) is 0 Å². The minimum atomic E-state index is -1.04. The van der Waals surface area contributed by atoms with Crippen LogP contribution in [0.4, 0.5) is 0 Å². The summed E-state index contributed by atoms with van der Waals surface area (Å²) in [6, 6.07) is 5.37. The molecule has 1 unspecified atom stereocenters. The van der Waals surface area contributed by atoms with Crippen LogP contribution in [0, 0.1) is 6.92 Å². The van der Waals surface area contributed by atoms with Crippen LogP contribution in [0.15, 0.2) is 18.2 Å². The Balaban J connectivity index is 3.20. The van der Waals surface area contributed by atoms with Gasteiger partial charge < -0.3 is 14.6 Å². The zero-order chi connectivity index (χ0) is 13.1. The minimum absolute atomic E-state index is 0.133. The van der Waals surface area contributed by atoms with Gasteiger partial charge in [0.1, 0.15) is 11.2 Å². The van der Waals surface area contributed by atoms with Gasteiger partial charge in [-0.15, -0.1) is 0 Å². The predicted octanol–water partition coefficient (Wildman–Crippen LogP) is 1.99. The van der Waals surface area contributed by atoms with Crippen LogP contribution in [0.5, 0.6) is 5.75 Å². The number of methoxy groups -OCH3 is 2. The van der Waals surface area contributed by atoms with Crippen LogP contribution >= 0.6 is 0 Å². The molecule has 4 heteroatoms. The summed E-state index contributed by atoms with van der Waals surface area (Å²) in [5.41, 5.74) is 0.588. The number of rotatable bonds is 5. The molecule has 94 valence electrons. The molecule has 1 atom stereocenters. The second kappa shape index (κ2) is 5.19. The molecule has 0 spiro atoms. The monoisotopic (exact) mass is 238 g/mol. The molecular formula is C13H18O4. The molecule has 0 saturated carbocycles. The van der Waals surface area contributed by atoms with E-state index < -0.39 is 11.4 Å². The van der Waals surface area contributed by atoms with E-state index in [-0.39, 0.29) is 6.61 Å². The lowest BCUT2D eigenvalue weighted by Crippen LogP contribution is -2.37. The number of aliphatic carboxylic acids is 1. The predicted molar refractivity (Wildman–Crippen MR) is 64.6 cm³/mol. The van der Waals surface area contributed by atoms with Gasteiger partial charge in [0.05, 0.1) is 13.7 Å². The highest BCUT2D eigenvalue weighted by Crippen LogP contribution is 2.28. The minimum Gasteiger partial charge on any atom is -0.496 e. The van der Waals surface area contributed by atoms with E-state index in [0.717, 1.165) is 11.3 Å². The van der Waals surface area contributed by atoms with Crippen molar-refractivity contribution in [1.29, 1.82) is 0 Å². The van der Waals surface area contributed by atoms with Gasteiger partial charge >= 0.3 is 5.97 Å². The average Bonchev–Trinajstić information content (AvgIpc) is 2.28. The third-order valence-electron chi connectivity index (χ3n) is 2.94. The lowest BCUT2D eigenvalue weighted by atomic mass is 9.82. The van der Waals surface area contributed by atoms with Crippen LogP contribution in [-0.4, -0.2) is 31.9 Å². The zero-order valence-corrected chi connectivity index (χ0v) is 10.6. The van der Waals surface area contributed by atoms with Crippen LogP contribution in [0.3, 0.4) is 0 Å². The lowest BCUT2D eigenvalue weighted by Gasteiger charge is -2.25. The second-order valence-electron chi connectivity index (χ2n) is 4.25. The van der Waals surface area contributed by atoms with Crippen molar-refractivity contribution >= 4 is 5.97 Å². The summed E-state index contributed by atoms with van der Waals surface area (Å²) < 4.78 is 10.2. The molecule has 0 aliphatic heterocycles. The Kier molecular flexibility index (Phi) is 4.12. The third kappa shape index (κ3) is 2.58. The number of carbonyl (C=O) groups is 1. The Labute approximate surface area is 101 Å². The Bertz CT molecular complexity index is 414. The Morgan fingerprint density at radius 3 is 2.47 bits per heavy atom. The van der Waals surface area contributed by atoms with Crippen molar-refractivity contribution in [3.05, 3.63) is 29.3 Å².